The molecule has 1 aromatic carbocycles. The van der Waals surface area contributed by atoms with Crippen molar-refractivity contribution in [1.29, 1.82) is 0 Å². The number of nitrogens with one attached hydrogen (secondary N) is 1. The summed E-state index contributed by atoms with van der Waals surface area (Å²) in [6.45, 7) is 0. The van der Waals surface area contributed by atoms with Gasteiger partial charge in [-0.05, 0) is 43.3 Å². The monoisotopic (exact) mass is 244 g/mol. The van der Waals surface area contributed by atoms with Crippen LogP contribution in [0, 0.1) is 0 Å². The highest BCUT2D eigenvalue weighted by atomic mass is 32.1. The molecule has 88 valence electrons. The van der Waals surface area contributed by atoms with Crippen molar-refractivity contribution in [3.63, 3.8) is 0 Å². The second kappa shape index (κ2) is 3.79. The van der Waals surface area contributed by atoms with E-state index in [9.17, 15) is 0 Å². The van der Waals surface area contributed by atoms with Gasteiger partial charge in [-0.1, -0.05) is 18.2 Å². The highest BCUT2D eigenvalue weighted by Crippen LogP contribution is 2.39. The van der Waals surface area contributed by atoms with Crippen molar-refractivity contribution in [1.82, 2.24) is 9.69 Å². The van der Waals surface area contributed by atoms with Gasteiger partial charge in [-0.2, -0.15) is 4.37 Å². The SMILES string of the molecule is c1ccc2c(C3CC4CCC(C3)N4)nsc2c1. The van der Waals surface area contributed by atoms with Crippen molar-refractivity contribution in [2.45, 2.75) is 43.7 Å². The number of rotatable bonds is 1. The summed E-state index contributed by atoms with van der Waals surface area (Å²) in [6, 6.07) is 10.2. The fourth-order valence-corrected chi connectivity index (χ4v) is 4.33. The molecule has 0 saturated carbocycles. The molecule has 0 spiro atoms. The molecule has 2 aliphatic rings. The fourth-order valence-electron chi connectivity index (χ4n) is 3.48. The van der Waals surface area contributed by atoms with Gasteiger partial charge in [-0.15, -0.1) is 0 Å². The summed E-state index contributed by atoms with van der Waals surface area (Å²) in [5.41, 5.74) is 1.36. The molecule has 3 heteroatoms. The van der Waals surface area contributed by atoms with E-state index < -0.39 is 0 Å². The largest absolute Gasteiger partial charge is 0.311 e. The summed E-state index contributed by atoms with van der Waals surface area (Å²) in [5, 5.41) is 5.10. The van der Waals surface area contributed by atoms with E-state index in [0.29, 0.717) is 5.92 Å². The van der Waals surface area contributed by atoms with Gasteiger partial charge in [-0.25, -0.2) is 0 Å². The van der Waals surface area contributed by atoms with Crippen LogP contribution in [0.1, 0.15) is 37.3 Å². The summed E-state index contributed by atoms with van der Waals surface area (Å²) in [5.74, 6) is 0.685. The number of hydrogen-bond donors (Lipinski definition) is 1. The second-order valence-corrected chi connectivity index (χ2v) is 6.18. The van der Waals surface area contributed by atoms with Crippen LogP contribution in [0.3, 0.4) is 0 Å². The minimum absolute atomic E-state index is 0.685. The van der Waals surface area contributed by atoms with Crippen LogP contribution in [0.5, 0.6) is 0 Å². The van der Waals surface area contributed by atoms with Crippen molar-refractivity contribution in [3.05, 3.63) is 30.0 Å². The standard InChI is InChI=1S/C14H16N2S/c1-2-4-13-12(3-1)14(16-17-13)9-7-10-5-6-11(8-9)15-10/h1-4,9-11,15H,5-8H2. The summed E-state index contributed by atoms with van der Waals surface area (Å²) in [4.78, 5) is 0. The molecule has 1 N–H and O–H groups in total. The molecular formula is C14H16N2S. The molecule has 2 aromatic rings. The molecule has 2 unspecified atom stereocenters. The Morgan fingerprint density at radius 2 is 1.88 bits per heavy atom. The van der Waals surface area contributed by atoms with Gasteiger partial charge in [0, 0.05) is 23.4 Å². The smallest absolute Gasteiger partial charge is 0.0652 e. The van der Waals surface area contributed by atoms with Gasteiger partial charge in [0.15, 0.2) is 0 Å². The zero-order chi connectivity index (χ0) is 11.2. The lowest BCUT2D eigenvalue weighted by atomic mass is 9.88. The van der Waals surface area contributed by atoms with E-state index in [2.05, 4.69) is 29.6 Å². The van der Waals surface area contributed by atoms with Gasteiger partial charge in [0.1, 0.15) is 0 Å². The minimum atomic E-state index is 0.685. The van der Waals surface area contributed by atoms with Crippen molar-refractivity contribution < 1.29 is 0 Å². The van der Waals surface area contributed by atoms with Gasteiger partial charge >= 0.3 is 0 Å². The number of aromatic nitrogens is 1. The first kappa shape index (κ1) is 10.0. The van der Waals surface area contributed by atoms with Crippen molar-refractivity contribution in [3.8, 4) is 0 Å². The van der Waals surface area contributed by atoms with E-state index in [0.717, 1.165) is 12.1 Å². The first-order valence-corrected chi connectivity index (χ1v) is 7.28. The minimum Gasteiger partial charge on any atom is -0.311 e. The van der Waals surface area contributed by atoms with Crippen LogP contribution in [-0.4, -0.2) is 16.5 Å². The predicted octanol–water partition coefficient (Wildman–Crippen LogP) is 3.29. The lowest BCUT2D eigenvalue weighted by Crippen LogP contribution is -2.37. The highest BCUT2D eigenvalue weighted by Gasteiger charge is 2.35. The Morgan fingerprint density at radius 3 is 2.71 bits per heavy atom. The van der Waals surface area contributed by atoms with Gasteiger partial charge in [0.05, 0.1) is 10.4 Å². The molecule has 2 aliphatic heterocycles. The van der Waals surface area contributed by atoms with Crippen LogP contribution in [0.25, 0.3) is 10.1 Å². The van der Waals surface area contributed by atoms with E-state index >= 15 is 0 Å². The molecule has 1 aromatic heterocycles. The van der Waals surface area contributed by atoms with Gasteiger partial charge < -0.3 is 5.32 Å². The van der Waals surface area contributed by atoms with E-state index in [-0.39, 0.29) is 0 Å². The molecule has 0 amide bonds. The maximum Gasteiger partial charge on any atom is 0.0652 e. The van der Waals surface area contributed by atoms with Crippen LogP contribution in [0.4, 0.5) is 0 Å². The second-order valence-electron chi connectivity index (χ2n) is 5.37. The Bertz CT molecular complexity index is 536. The maximum atomic E-state index is 4.73. The molecular weight excluding hydrogens is 228 g/mol. The first-order valence-electron chi connectivity index (χ1n) is 6.50. The third-order valence-corrected chi connectivity index (χ3v) is 5.11. The first-order chi connectivity index (χ1) is 8.40. The number of piperidine rings is 1. The number of benzene rings is 1. The normalized spacial score (nSPS) is 32.1. The molecule has 0 aliphatic carbocycles. The average molecular weight is 244 g/mol. The number of fused-ring (bicyclic) bond motifs is 3. The highest BCUT2D eigenvalue weighted by molar-refractivity contribution is 7.13. The van der Waals surface area contributed by atoms with Crippen molar-refractivity contribution in [2.24, 2.45) is 0 Å². The topological polar surface area (TPSA) is 24.9 Å². The van der Waals surface area contributed by atoms with Crippen molar-refractivity contribution >= 4 is 21.6 Å². The quantitative estimate of drug-likeness (QED) is 0.832. The lowest BCUT2D eigenvalue weighted by Gasteiger charge is -2.28. The number of hydrogen-bond acceptors (Lipinski definition) is 3. The Morgan fingerprint density at radius 1 is 1.12 bits per heavy atom. The van der Waals surface area contributed by atoms with Gasteiger partial charge in [-0.3, -0.25) is 0 Å². The molecule has 2 fully saturated rings. The van der Waals surface area contributed by atoms with Crippen molar-refractivity contribution in [2.75, 3.05) is 0 Å². The summed E-state index contributed by atoms with van der Waals surface area (Å²) < 4.78 is 6.07. The van der Waals surface area contributed by atoms with Gasteiger partial charge in [0.2, 0.25) is 0 Å². The van der Waals surface area contributed by atoms with E-state index in [1.54, 1.807) is 11.5 Å². The zero-order valence-corrected chi connectivity index (χ0v) is 10.5. The average Bonchev–Trinajstić information content (AvgIpc) is 2.93. The molecule has 0 radical (unpaired) electrons. The molecule has 2 atom stereocenters. The Kier molecular flexibility index (Phi) is 2.24. The van der Waals surface area contributed by atoms with Crippen LogP contribution in [0.15, 0.2) is 24.3 Å². The zero-order valence-electron chi connectivity index (χ0n) is 9.73. The third-order valence-electron chi connectivity index (χ3n) is 4.27. The number of nitrogens with zero attached hydrogens (tertiary/aromatic N) is 1. The predicted molar refractivity (Wildman–Crippen MR) is 71.5 cm³/mol. The van der Waals surface area contributed by atoms with Gasteiger partial charge in [0.25, 0.3) is 0 Å². The van der Waals surface area contributed by atoms with E-state index in [1.807, 2.05) is 0 Å². The molecule has 4 rings (SSSR count). The van der Waals surface area contributed by atoms with E-state index in [1.165, 1.54) is 41.5 Å². The van der Waals surface area contributed by atoms with Crippen LogP contribution in [0.2, 0.25) is 0 Å². The molecule has 2 saturated heterocycles. The third kappa shape index (κ3) is 1.60. The van der Waals surface area contributed by atoms with Crippen LogP contribution >= 0.6 is 11.5 Å². The molecule has 17 heavy (non-hydrogen) atoms. The summed E-state index contributed by atoms with van der Waals surface area (Å²) in [7, 11) is 0. The molecule has 2 bridgehead atoms. The summed E-state index contributed by atoms with van der Waals surface area (Å²) in [6.07, 6.45) is 5.29. The Hall–Kier alpha value is -0.930. The lowest BCUT2D eigenvalue weighted by molar-refractivity contribution is 0.361. The summed E-state index contributed by atoms with van der Waals surface area (Å²) >= 11 is 1.66. The molecule has 3 heterocycles. The fraction of sp³-hybridized carbons (Fsp3) is 0.500. The Labute approximate surface area is 105 Å². The van der Waals surface area contributed by atoms with E-state index in [4.69, 9.17) is 4.37 Å². The Balaban J connectivity index is 1.74. The molecule has 2 nitrogen and oxygen atoms in total. The van der Waals surface area contributed by atoms with Crippen LogP contribution < -0.4 is 5.32 Å². The van der Waals surface area contributed by atoms with Crippen LogP contribution in [-0.2, 0) is 0 Å². The maximum absolute atomic E-state index is 4.73.